The summed E-state index contributed by atoms with van der Waals surface area (Å²) < 4.78 is 5.44. The molecule has 0 aromatic carbocycles. The fourth-order valence-electron chi connectivity index (χ4n) is 2.86. The van der Waals surface area contributed by atoms with Crippen LogP contribution in [-0.2, 0) is 11.3 Å². The van der Waals surface area contributed by atoms with E-state index >= 15 is 0 Å². The number of aromatic nitrogens is 1. The summed E-state index contributed by atoms with van der Waals surface area (Å²) in [4.78, 5) is 6.68. The molecule has 1 saturated heterocycles. The Morgan fingerprint density at radius 1 is 1.30 bits per heavy atom. The first kappa shape index (κ1) is 13.8. The van der Waals surface area contributed by atoms with Crippen LogP contribution in [0.2, 0.25) is 0 Å². The zero-order valence-corrected chi connectivity index (χ0v) is 12.3. The van der Waals surface area contributed by atoms with E-state index in [1.54, 1.807) is 0 Å². The Labute approximate surface area is 121 Å². The van der Waals surface area contributed by atoms with Gasteiger partial charge in [-0.2, -0.15) is 0 Å². The smallest absolute Gasteiger partial charge is 0.0595 e. The average Bonchev–Trinajstić information content (AvgIpc) is 3.31. The third-order valence-corrected chi connectivity index (χ3v) is 4.33. The topological polar surface area (TPSA) is 37.4 Å². The summed E-state index contributed by atoms with van der Waals surface area (Å²) in [5.74, 6) is 0.748. The van der Waals surface area contributed by atoms with E-state index in [9.17, 15) is 0 Å². The van der Waals surface area contributed by atoms with Crippen molar-refractivity contribution in [2.45, 2.75) is 38.3 Å². The second-order valence-electron chi connectivity index (χ2n) is 6.10. The summed E-state index contributed by atoms with van der Waals surface area (Å²) in [6.45, 7) is 3.90. The first-order chi connectivity index (χ1) is 9.83. The van der Waals surface area contributed by atoms with Gasteiger partial charge in [-0.05, 0) is 43.2 Å². The standard InChI is InChI=1S/C16H25N3O/c1-19(12-13-5-8-20-9-6-13)16-11-17-7-4-14(16)10-18-15-2-3-15/h4,7,11,13,15,18H,2-3,5-6,8-10,12H2,1H3. The Balaban J connectivity index is 1.61. The number of nitrogens with one attached hydrogen (secondary N) is 1. The molecule has 1 saturated carbocycles. The third kappa shape index (κ3) is 3.70. The molecule has 110 valence electrons. The van der Waals surface area contributed by atoms with Crippen LogP contribution in [0, 0.1) is 5.92 Å². The van der Waals surface area contributed by atoms with Crippen LogP contribution in [0.3, 0.4) is 0 Å². The second kappa shape index (κ2) is 6.55. The highest BCUT2D eigenvalue weighted by atomic mass is 16.5. The van der Waals surface area contributed by atoms with Gasteiger partial charge in [-0.25, -0.2) is 0 Å². The third-order valence-electron chi connectivity index (χ3n) is 4.33. The van der Waals surface area contributed by atoms with Crippen molar-refractivity contribution in [3.8, 4) is 0 Å². The Hall–Kier alpha value is -1.13. The van der Waals surface area contributed by atoms with Gasteiger partial charge in [0.25, 0.3) is 0 Å². The molecule has 20 heavy (non-hydrogen) atoms. The molecule has 0 unspecified atom stereocenters. The molecule has 4 heteroatoms. The van der Waals surface area contributed by atoms with E-state index in [0.717, 1.165) is 38.3 Å². The molecule has 0 spiro atoms. The van der Waals surface area contributed by atoms with E-state index in [2.05, 4.69) is 28.3 Å². The van der Waals surface area contributed by atoms with Gasteiger partial charge in [-0.15, -0.1) is 0 Å². The van der Waals surface area contributed by atoms with Crippen LogP contribution in [0.1, 0.15) is 31.2 Å². The van der Waals surface area contributed by atoms with Gasteiger partial charge in [-0.3, -0.25) is 4.98 Å². The molecule has 4 nitrogen and oxygen atoms in total. The maximum absolute atomic E-state index is 5.44. The van der Waals surface area contributed by atoms with E-state index < -0.39 is 0 Å². The van der Waals surface area contributed by atoms with Gasteiger partial charge in [0.1, 0.15) is 0 Å². The predicted octanol–water partition coefficient (Wildman–Crippen LogP) is 2.20. The molecule has 1 aromatic rings. The summed E-state index contributed by atoms with van der Waals surface area (Å²) in [5.41, 5.74) is 2.63. The zero-order chi connectivity index (χ0) is 13.8. The number of rotatable bonds is 6. The Morgan fingerprint density at radius 3 is 2.85 bits per heavy atom. The van der Waals surface area contributed by atoms with Crippen molar-refractivity contribution in [3.05, 3.63) is 24.0 Å². The fourth-order valence-corrected chi connectivity index (χ4v) is 2.86. The van der Waals surface area contributed by atoms with Gasteiger partial charge in [0, 0.05) is 45.6 Å². The maximum Gasteiger partial charge on any atom is 0.0595 e. The van der Waals surface area contributed by atoms with Crippen LogP contribution in [0.25, 0.3) is 0 Å². The monoisotopic (exact) mass is 275 g/mol. The molecular weight excluding hydrogens is 250 g/mol. The van der Waals surface area contributed by atoms with Gasteiger partial charge < -0.3 is 15.0 Å². The minimum Gasteiger partial charge on any atom is -0.381 e. The quantitative estimate of drug-likeness (QED) is 0.863. The van der Waals surface area contributed by atoms with E-state index in [1.807, 2.05) is 12.4 Å². The van der Waals surface area contributed by atoms with E-state index in [1.165, 1.54) is 36.9 Å². The van der Waals surface area contributed by atoms with Crippen molar-refractivity contribution in [2.75, 3.05) is 31.7 Å². The lowest BCUT2D eigenvalue weighted by Gasteiger charge is -2.29. The van der Waals surface area contributed by atoms with Gasteiger partial charge >= 0.3 is 0 Å². The number of hydrogen-bond acceptors (Lipinski definition) is 4. The lowest BCUT2D eigenvalue weighted by Crippen LogP contribution is -2.30. The minimum absolute atomic E-state index is 0.747. The summed E-state index contributed by atoms with van der Waals surface area (Å²) >= 11 is 0. The van der Waals surface area contributed by atoms with Gasteiger partial charge in [0.15, 0.2) is 0 Å². The van der Waals surface area contributed by atoms with Crippen molar-refractivity contribution < 1.29 is 4.74 Å². The summed E-state index contributed by atoms with van der Waals surface area (Å²) in [6, 6.07) is 2.89. The van der Waals surface area contributed by atoms with Crippen LogP contribution in [-0.4, -0.2) is 37.8 Å². The Bertz CT molecular complexity index is 427. The van der Waals surface area contributed by atoms with Crippen molar-refractivity contribution in [3.63, 3.8) is 0 Å². The van der Waals surface area contributed by atoms with Crippen molar-refractivity contribution in [2.24, 2.45) is 5.92 Å². The highest BCUT2D eigenvalue weighted by Crippen LogP contribution is 2.24. The van der Waals surface area contributed by atoms with E-state index in [0.29, 0.717) is 0 Å². The number of ether oxygens (including phenoxy) is 1. The molecule has 0 amide bonds. The number of nitrogens with zero attached hydrogens (tertiary/aromatic N) is 2. The lowest BCUT2D eigenvalue weighted by molar-refractivity contribution is 0.0685. The molecule has 1 N–H and O–H groups in total. The first-order valence-electron chi connectivity index (χ1n) is 7.78. The van der Waals surface area contributed by atoms with Crippen LogP contribution in [0.5, 0.6) is 0 Å². The van der Waals surface area contributed by atoms with Crippen molar-refractivity contribution in [1.82, 2.24) is 10.3 Å². The molecule has 2 heterocycles. The van der Waals surface area contributed by atoms with Gasteiger partial charge in [0.05, 0.1) is 11.9 Å². The normalized spacial score (nSPS) is 20.1. The van der Waals surface area contributed by atoms with Crippen molar-refractivity contribution in [1.29, 1.82) is 0 Å². The first-order valence-corrected chi connectivity index (χ1v) is 7.78. The maximum atomic E-state index is 5.44. The lowest BCUT2D eigenvalue weighted by atomic mass is 9.99. The number of pyridine rings is 1. The van der Waals surface area contributed by atoms with Crippen LogP contribution in [0.15, 0.2) is 18.5 Å². The van der Waals surface area contributed by atoms with Crippen molar-refractivity contribution >= 4 is 5.69 Å². The number of anilines is 1. The molecule has 3 rings (SSSR count). The molecule has 0 atom stereocenters. The van der Waals surface area contributed by atoms with E-state index in [4.69, 9.17) is 4.74 Å². The molecule has 2 fully saturated rings. The molecular formula is C16H25N3O. The fraction of sp³-hybridized carbons (Fsp3) is 0.688. The summed E-state index contributed by atoms with van der Waals surface area (Å²) in [5, 5.41) is 3.60. The average molecular weight is 275 g/mol. The Morgan fingerprint density at radius 2 is 2.10 bits per heavy atom. The molecule has 0 radical (unpaired) electrons. The predicted molar refractivity (Wildman–Crippen MR) is 80.9 cm³/mol. The molecule has 0 bridgehead atoms. The summed E-state index contributed by atoms with van der Waals surface area (Å²) in [6.07, 6.45) is 8.93. The number of hydrogen-bond donors (Lipinski definition) is 1. The van der Waals surface area contributed by atoms with Crippen LogP contribution < -0.4 is 10.2 Å². The van der Waals surface area contributed by atoms with Crippen LogP contribution in [0.4, 0.5) is 5.69 Å². The largest absolute Gasteiger partial charge is 0.381 e. The van der Waals surface area contributed by atoms with Gasteiger partial charge in [0.2, 0.25) is 0 Å². The molecule has 1 aromatic heterocycles. The second-order valence-corrected chi connectivity index (χ2v) is 6.10. The molecule has 1 aliphatic heterocycles. The SMILES string of the molecule is CN(CC1CCOCC1)c1cnccc1CNC1CC1. The molecule has 1 aliphatic carbocycles. The highest BCUT2D eigenvalue weighted by Gasteiger charge is 2.21. The van der Waals surface area contributed by atoms with Crippen LogP contribution >= 0.6 is 0 Å². The Kier molecular flexibility index (Phi) is 4.53. The van der Waals surface area contributed by atoms with E-state index in [-0.39, 0.29) is 0 Å². The zero-order valence-electron chi connectivity index (χ0n) is 12.3. The highest BCUT2D eigenvalue weighted by molar-refractivity contribution is 5.51. The minimum atomic E-state index is 0.747. The summed E-state index contributed by atoms with van der Waals surface area (Å²) in [7, 11) is 2.19. The van der Waals surface area contributed by atoms with Gasteiger partial charge in [-0.1, -0.05) is 0 Å². The molecule has 2 aliphatic rings.